The maximum Gasteiger partial charge on any atom is 0.267 e. The average Bonchev–Trinajstić information content (AvgIpc) is 2.83. The smallest absolute Gasteiger partial charge is 0.267 e. The molecule has 0 bridgehead atoms. The van der Waals surface area contributed by atoms with E-state index in [4.69, 9.17) is 9.47 Å². The van der Waals surface area contributed by atoms with Crippen LogP contribution in [-0.4, -0.2) is 69.8 Å². The van der Waals surface area contributed by atoms with Gasteiger partial charge in [-0.05, 0) is 31.2 Å². The third kappa shape index (κ3) is 4.42. The van der Waals surface area contributed by atoms with Crippen LogP contribution in [0.4, 0.5) is 11.4 Å². The second-order valence-electron chi connectivity index (χ2n) is 7.45. The number of fused-ring (bicyclic) bond motifs is 1. The zero-order chi connectivity index (χ0) is 22.7. The lowest BCUT2D eigenvalue weighted by atomic mass is 10.1. The van der Waals surface area contributed by atoms with Crippen molar-refractivity contribution < 1.29 is 27.5 Å². The fraction of sp³-hybridized carbons (Fsp3) is 0.364. The highest BCUT2D eigenvalue weighted by molar-refractivity contribution is 7.92. The first kappa shape index (κ1) is 22.1. The summed E-state index contributed by atoms with van der Waals surface area (Å²) in [5, 5.41) is 2.76. The molecule has 1 atom stereocenters. The summed E-state index contributed by atoms with van der Waals surface area (Å²) in [4.78, 5) is 27.7. The maximum absolute atomic E-state index is 13.1. The van der Waals surface area contributed by atoms with Gasteiger partial charge in [0.15, 0.2) is 6.10 Å². The van der Waals surface area contributed by atoms with Crippen molar-refractivity contribution in [1.82, 2.24) is 4.90 Å². The number of anilines is 2. The predicted molar refractivity (Wildman–Crippen MR) is 119 cm³/mol. The first-order valence-corrected chi connectivity index (χ1v) is 12.0. The molecule has 2 aliphatic rings. The van der Waals surface area contributed by atoms with Gasteiger partial charge in [0.25, 0.3) is 11.8 Å². The fourth-order valence-corrected chi connectivity index (χ4v) is 4.81. The molecule has 10 heteroatoms. The topological polar surface area (TPSA) is 105 Å². The number of benzene rings is 2. The number of morpholine rings is 1. The monoisotopic (exact) mass is 459 g/mol. The van der Waals surface area contributed by atoms with Gasteiger partial charge < -0.3 is 19.7 Å². The summed E-state index contributed by atoms with van der Waals surface area (Å²) >= 11 is 0. The molecule has 0 radical (unpaired) electrons. The van der Waals surface area contributed by atoms with Crippen LogP contribution in [0, 0.1) is 0 Å². The van der Waals surface area contributed by atoms with Gasteiger partial charge in [-0.25, -0.2) is 8.42 Å². The largest absolute Gasteiger partial charge is 0.476 e. The van der Waals surface area contributed by atoms with Crippen LogP contribution >= 0.6 is 0 Å². The quantitative estimate of drug-likeness (QED) is 0.730. The van der Waals surface area contributed by atoms with Crippen molar-refractivity contribution in [1.29, 1.82) is 0 Å². The van der Waals surface area contributed by atoms with Gasteiger partial charge >= 0.3 is 0 Å². The van der Waals surface area contributed by atoms with Crippen molar-refractivity contribution in [3.63, 3.8) is 0 Å². The molecular weight excluding hydrogens is 434 g/mol. The third-order valence-corrected chi connectivity index (χ3v) is 7.19. The van der Waals surface area contributed by atoms with E-state index in [2.05, 4.69) is 5.32 Å². The molecule has 2 amide bonds. The number of sulfonamides is 1. The zero-order valence-electron chi connectivity index (χ0n) is 17.7. The van der Waals surface area contributed by atoms with Crippen LogP contribution in [-0.2, 0) is 19.6 Å². The van der Waals surface area contributed by atoms with Crippen molar-refractivity contribution in [2.75, 3.05) is 48.2 Å². The van der Waals surface area contributed by atoms with E-state index in [0.717, 1.165) is 0 Å². The van der Waals surface area contributed by atoms with Gasteiger partial charge in [-0.2, -0.15) is 0 Å². The minimum atomic E-state index is -3.61. The Balaban J connectivity index is 1.57. The first-order chi connectivity index (χ1) is 15.4. The van der Waals surface area contributed by atoms with E-state index in [1.807, 2.05) is 0 Å². The molecule has 0 spiro atoms. The molecule has 4 rings (SSSR count). The van der Waals surface area contributed by atoms with E-state index in [1.54, 1.807) is 60.4 Å². The highest BCUT2D eigenvalue weighted by Gasteiger charge is 2.36. The molecular formula is C22H25N3O6S. The lowest BCUT2D eigenvalue weighted by molar-refractivity contribution is -0.122. The van der Waals surface area contributed by atoms with Crippen molar-refractivity contribution in [3.8, 4) is 5.75 Å². The SMILES string of the molecule is CCS(=O)(=O)N1C[C@@H](C(=O)Nc2ccccc2C(=O)N2CCOCC2)Oc2ccccc21. The van der Waals surface area contributed by atoms with Crippen molar-refractivity contribution in [3.05, 3.63) is 54.1 Å². The van der Waals surface area contributed by atoms with Gasteiger partial charge in [0.05, 0.1) is 42.4 Å². The number of carbonyl (C=O) groups is 2. The Bertz CT molecular complexity index is 1110. The lowest BCUT2D eigenvalue weighted by Gasteiger charge is -2.34. The normalized spacial score (nSPS) is 18.5. The standard InChI is InChI=1S/C22H25N3O6S/c1-2-32(28,29)25-15-20(31-19-10-6-5-9-18(19)25)21(26)23-17-8-4-3-7-16(17)22(27)24-11-13-30-14-12-24/h3-10,20H,2,11-15H2,1H3,(H,23,26)/t20-/m0/s1. The molecule has 0 unspecified atom stereocenters. The number of para-hydroxylation sites is 3. The Hall–Kier alpha value is -3.11. The summed E-state index contributed by atoms with van der Waals surface area (Å²) in [6.45, 7) is 3.30. The third-order valence-electron chi connectivity index (χ3n) is 5.44. The van der Waals surface area contributed by atoms with Gasteiger partial charge in [0.1, 0.15) is 5.75 Å². The predicted octanol–water partition coefficient (Wildman–Crippen LogP) is 1.71. The van der Waals surface area contributed by atoms with Crippen LogP contribution in [0.3, 0.4) is 0 Å². The van der Waals surface area contributed by atoms with E-state index in [-0.39, 0.29) is 18.2 Å². The maximum atomic E-state index is 13.1. The molecule has 1 fully saturated rings. The summed E-state index contributed by atoms with van der Waals surface area (Å²) in [5.74, 6) is -0.520. The van der Waals surface area contributed by atoms with Crippen molar-refractivity contribution in [2.45, 2.75) is 13.0 Å². The minimum absolute atomic E-state index is 0.105. The summed E-state index contributed by atoms with van der Waals surface area (Å²) in [7, 11) is -3.61. The molecule has 1 N–H and O–H groups in total. The molecule has 32 heavy (non-hydrogen) atoms. The first-order valence-electron chi connectivity index (χ1n) is 10.4. The molecule has 0 aliphatic carbocycles. The summed E-state index contributed by atoms with van der Waals surface area (Å²) in [6.07, 6.45) is -1.07. The van der Waals surface area contributed by atoms with Crippen LogP contribution < -0.4 is 14.4 Å². The Morgan fingerprint density at radius 3 is 2.50 bits per heavy atom. The Labute approximate surface area is 187 Å². The highest BCUT2D eigenvalue weighted by atomic mass is 32.2. The average molecular weight is 460 g/mol. The molecule has 0 saturated carbocycles. The van der Waals surface area contributed by atoms with E-state index >= 15 is 0 Å². The molecule has 1 saturated heterocycles. The number of nitrogens with zero attached hydrogens (tertiary/aromatic N) is 2. The Morgan fingerprint density at radius 1 is 1.06 bits per heavy atom. The second-order valence-corrected chi connectivity index (χ2v) is 9.63. The number of amides is 2. The van der Waals surface area contributed by atoms with Crippen LogP contribution in [0.5, 0.6) is 5.75 Å². The number of nitrogens with one attached hydrogen (secondary N) is 1. The van der Waals surface area contributed by atoms with E-state index in [9.17, 15) is 18.0 Å². The summed E-state index contributed by atoms with van der Waals surface area (Å²) in [5.41, 5.74) is 1.11. The molecule has 2 aromatic rings. The molecule has 2 aromatic carbocycles. The van der Waals surface area contributed by atoms with Crippen LogP contribution in [0.2, 0.25) is 0 Å². The number of hydrogen-bond acceptors (Lipinski definition) is 6. The Morgan fingerprint density at radius 2 is 1.75 bits per heavy atom. The van der Waals surface area contributed by atoms with Crippen LogP contribution in [0.1, 0.15) is 17.3 Å². The van der Waals surface area contributed by atoms with Gasteiger partial charge in [-0.15, -0.1) is 0 Å². The molecule has 0 aromatic heterocycles. The molecule has 9 nitrogen and oxygen atoms in total. The number of carbonyl (C=O) groups excluding carboxylic acids is 2. The summed E-state index contributed by atoms with van der Waals surface area (Å²) in [6, 6.07) is 13.4. The molecule has 170 valence electrons. The minimum Gasteiger partial charge on any atom is -0.476 e. The van der Waals surface area contributed by atoms with Gasteiger partial charge in [-0.1, -0.05) is 24.3 Å². The molecule has 2 aliphatic heterocycles. The highest BCUT2D eigenvalue weighted by Crippen LogP contribution is 2.35. The van der Waals surface area contributed by atoms with Crippen molar-refractivity contribution in [2.24, 2.45) is 0 Å². The van der Waals surface area contributed by atoms with Gasteiger partial charge in [0, 0.05) is 13.1 Å². The van der Waals surface area contributed by atoms with Gasteiger partial charge in [0.2, 0.25) is 10.0 Å². The van der Waals surface area contributed by atoms with Crippen molar-refractivity contribution >= 4 is 33.2 Å². The zero-order valence-corrected chi connectivity index (χ0v) is 18.5. The van der Waals surface area contributed by atoms with E-state index < -0.39 is 22.0 Å². The van der Waals surface area contributed by atoms with Crippen LogP contribution in [0.15, 0.2) is 48.5 Å². The van der Waals surface area contributed by atoms with E-state index in [1.165, 1.54) is 4.31 Å². The van der Waals surface area contributed by atoms with Crippen LogP contribution in [0.25, 0.3) is 0 Å². The number of hydrogen-bond donors (Lipinski definition) is 1. The fourth-order valence-electron chi connectivity index (χ4n) is 3.69. The number of rotatable bonds is 5. The van der Waals surface area contributed by atoms with E-state index in [0.29, 0.717) is 49.0 Å². The number of ether oxygens (including phenoxy) is 2. The summed E-state index contributed by atoms with van der Waals surface area (Å²) < 4.78 is 37.6. The lowest BCUT2D eigenvalue weighted by Crippen LogP contribution is -2.49. The Kier molecular flexibility index (Phi) is 6.33. The second kappa shape index (κ2) is 9.17. The van der Waals surface area contributed by atoms with Gasteiger partial charge in [-0.3, -0.25) is 13.9 Å². The molecule has 2 heterocycles.